The number of piperidine rings is 1. The molecule has 9 nitrogen and oxygen atoms in total. The van der Waals surface area contributed by atoms with Crippen LogP contribution in [0.5, 0.6) is 11.8 Å². The highest BCUT2D eigenvalue weighted by molar-refractivity contribution is 5.90. The maximum Gasteiger partial charge on any atom is 0.309 e. The smallest absolute Gasteiger partial charge is 0.309 e. The zero-order chi connectivity index (χ0) is 32.1. The van der Waals surface area contributed by atoms with Crippen LogP contribution in [0.2, 0.25) is 0 Å². The van der Waals surface area contributed by atoms with E-state index in [1.54, 1.807) is 6.33 Å². The summed E-state index contributed by atoms with van der Waals surface area (Å²) in [5.74, 6) is 0.525. The van der Waals surface area contributed by atoms with Crippen molar-refractivity contribution >= 4 is 22.7 Å². The number of carbonyl (C=O) groups excluding carboxylic acids is 1. The predicted octanol–water partition coefficient (Wildman–Crippen LogP) is 6.64. The number of fused-ring (bicyclic) bond motifs is 1. The van der Waals surface area contributed by atoms with Gasteiger partial charge in [-0.25, -0.2) is 4.98 Å². The Kier molecular flexibility index (Phi) is 8.94. The molecule has 46 heavy (non-hydrogen) atoms. The molecule has 0 aliphatic carbocycles. The Morgan fingerprint density at radius 3 is 2.13 bits per heavy atom. The van der Waals surface area contributed by atoms with Gasteiger partial charge in [-0.1, -0.05) is 66.7 Å². The zero-order valence-corrected chi connectivity index (χ0v) is 26.6. The van der Waals surface area contributed by atoms with E-state index in [1.165, 1.54) is 0 Å². The number of para-hydroxylation sites is 1. The van der Waals surface area contributed by atoms with E-state index in [9.17, 15) is 9.90 Å². The molecule has 1 aliphatic heterocycles. The fourth-order valence-corrected chi connectivity index (χ4v) is 5.70. The minimum Gasteiger partial charge on any atom is -0.473 e. The molecule has 6 rings (SSSR count). The fraction of sp³-hybridized carbons (Fsp3) is 0.324. The first kappa shape index (κ1) is 31.1. The number of esters is 1. The van der Waals surface area contributed by atoms with Crippen molar-refractivity contribution in [2.24, 2.45) is 0 Å². The molecule has 0 saturated carbocycles. The van der Waals surface area contributed by atoms with E-state index in [2.05, 4.69) is 4.90 Å². The van der Waals surface area contributed by atoms with Gasteiger partial charge in [0.05, 0.1) is 23.2 Å². The number of aliphatic hydroxyl groups is 1. The van der Waals surface area contributed by atoms with Gasteiger partial charge in [0.1, 0.15) is 36.3 Å². The Bertz CT molecular complexity index is 1770. The molecular weight excluding hydrogens is 580 g/mol. The third kappa shape index (κ3) is 7.49. The molecule has 3 aromatic carbocycles. The van der Waals surface area contributed by atoms with Crippen molar-refractivity contribution in [3.63, 3.8) is 0 Å². The average molecular weight is 621 g/mol. The fourth-order valence-electron chi connectivity index (χ4n) is 5.70. The molecule has 1 N–H and O–H groups in total. The first-order valence-corrected chi connectivity index (χ1v) is 15.7. The molecule has 0 bridgehead atoms. The molecule has 2 aromatic heterocycles. The zero-order valence-electron chi connectivity index (χ0n) is 26.6. The predicted molar refractivity (Wildman–Crippen MR) is 177 cm³/mol. The van der Waals surface area contributed by atoms with Crippen LogP contribution >= 0.6 is 0 Å². The summed E-state index contributed by atoms with van der Waals surface area (Å²) in [7, 11) is 0. The summed E-state index contributed by atoms with van der Waals surface area (Å²) in [4.78, 5) is 24.3. The van der Waals surface area contributed by atoms with Crippen LogP contribution < -0.4 is 14.4 Å². The second-order valence-electron chi connectivity index (χ2n) is 12.8. The molecule has 0 amide bonds. The van der Waals surface area contributed by atoms with E-state index < -0.39 is 11.2 Å². The van der Waals surface area contributed by atoms with E-state index in [1.807, 2.05) is 116 Å². The lowest BCUT2D eigenvalue weighted by atomic mass is 9.88. The molecule has 5 aromatic rings. The molecular formula is C37H40N4O5. The third-order valence-electron chi connectivity index (χ3n) is 8.01. The summed E-state index contributed by atoms with van der Waals surface area (Å²) in [6.07, 6.45) is 2.68. The summed E-state index contributed by atoms with van der Waals surface area (Å²) in [6, 6.07) is 29.8. The van der Waals surface area contributed by atoms with Crippen molar-refractivity contribution < 1.29 is 24.1 Å². The van der Waals surface area contributed by atoms with E-state index >= 15 is 0 Å². The van der Waals surface area contributed by atoms with Crippen LogP contribution in [-0.4, -0.2) is 49.9 Å². The number of pyridine rings is 1. The summed E-state index contributed by atoms with van der Waals surface area (Å²) in [6.45, 7) is 7.42. The molecule has 1 aliphatic rings. The number of imidazole rings is 1. The normalized spacial score (nSPS) is 14.7. The standard InChI is InChI=1S/C37H40N4O5/c1-36(2,3)46-33(42)23-37(43)19-21-40(22-20-37)29-15-10-16-30-34(29)38-26-41(30)31-17-18-32(44-24-27-11-6-4-7-12-27)39-35(31)45-25-28-13-8-5-9-14-28/h4-18,26,43H,19-25H2,1-3H3. The van der Waals surface area contributed by atoms with Crippen molar-refractivity contribution in [2.45, 2.75) is 64.4 Å². The molecule has 1 fully saturated rings. The van der Waals surface area contributed by atoms with Crippen LogP contribution in [0.4, 0.5) is 5.69 Å². The van der Waals surface area contributed by atoms with E-state index in [0.29, 0.717) is 50.9 Å². The molecule has 0 radical (unpaired) electrons. The number of aromatic nitrogens is 3. The Morgan fingerprint density at radius 1 is 0.826 bits per heavy atom. The van der Waals surface area contributed by atoms with Crippen LogP contribution in [-0.2, 0) is 22.7 Å². The number of hydrogen-bond donors (Lipinski definition) is 1. The lowest BCUT2D eigenvalue weighted by Gasteiger charge is -2.39. The highest BCUT2D eigenvalue weighted by Gasteiger charge is 2.36. The molecule has 3 heterocycles. The Labute approximate surface area is 269 Å². The summed E-state index contributed by atoms with van der Waals surface area (Å²) >= 11 is 0. The highest BCUT2D eigenvalue weighted by atomic mass is 16.6. The minimum atomic E-state index is -1.09. The lowest BCUT2D eigenvalue weighted by Crippen LogP contribution is -2.46. The molecule has 0 unspecified atom stereocenters. The van der Waals surface area contributed by atoms with Crippen LogP contribution in [0.25, 0.3) is 16.7 Å². The maximum absolute atomic E-state index is 12.4. The number of anilines is 1. The average Bonchev–Trinajstić information content (AvgIpc) is 3.47. The molecule has 0 atom stereocenters. The van der Waals surface area contributed by atoms with Crippen molar-refractivity contribution in [2.75, 3.05) is 18.0 Å². The third-order valence-corrected chi connectivity index (χ3v) is 8.01. The van der Waals surface area contributed by atoms with Gasteiger partial charge >= 0.3 is 5.97 Å². The number of rotatable bonds is 10. The molecule has 1 saturated heterocycles. The minimum absolute atomic E-state index is 0.0131. The molecule has 238 valence electrons. The van der Waals surface area contributed by atoms with E-state index in [4.69, 9.17) is 24.2 Å². The first-order valence-electron chi connectivity index (χ1n) is 15.7. The van der Waals surface area contributed by atoms with Crippen LogP contribution in [0, 0.1) is 0 Å². The lowest BCUT2D eigenvalue weighted by molar-refractivity contribution is -0.161. The highest BCUT2D eigenvalue weighted by Crippen LogP contribution is 2.35. The van der Waals surface area contributed by atoms with Gasteiger partial charge in [0.15, 0.2) is 0 Å². The van der Waals surface area contributed by atoms with Gasteiger partial charge in [-0.15, -0.1) is 0 Å². The van der Waals surface area contributed by atoms with Crippen molar-refractivity contribution in [3.05, 3.63) is 108 Å². The van der Waals surface area contributed by atoms with Gasteiger partial charge in [-0.3, -0.25) is 9.36 Å². The van der Waals surface area contributed by atoms with Crippen molar-refractivity contribution in [3.8, 4) is 17.4 Å². The second kappa shape index (κ2) is 13.2. The summed E-state index contributed by atoms with van der Waals surface area (Å²) in [5, 5.41) is 11.2. The van der Waals surface area contributed by atoms with Crippen molar-refractivity contribution in [1.82, 2.24) is 14.5 Å². The van der Waals surface area contributed by atoms with Crippen LogP contribution in [0.1, 0.15) is 51.2 Å². The quantitative estimate of drug-likeness (QED) is 0.174. The van der Waals surface area contributed by atoms with Gasteiger partial charge < -0.3 is 24.2 Å². The van der Waals surface area contributed by atoms with Gasteiger partial charge in [-0.2, -0.15) is 4.98 Å². The van der Waals surface area contributed by atoms with Gasteiger partial charge in [0.25, 0.3) is 0 Å². The van der Waals surface area contributed by atoms with Crippen molar-refractivity contribution in [1.29, 1.82) is 0 Å². The van der Waals surface area contributed by atoms with Gasteiger partial charge in [0, 0.05) is 19.2 Å². The number of benzene rings is 3. The number of hydrogen-bond acceptors (Lipinski definition) is 8. The Hall–Kier alpha value is -4.89. The van der Waals surface area contributed by atoms with Gasteiger partial charge in [0.2, 0.25) is 11.8 Å². The molecule has 0 spiro atoms. The second-order valence-corrected chi connectivity index (χ2v) is 12.8. The van der Waals surface area contributed by atoms with Gasteiger partial charge in [-0.05, 0) is 62.9 Å². The van der Waals surface area contributed by atoms with Crippen LogP contribution in [0.15, 0.2) is 97.3 Å². The Balaban J connectivity index is 1.24. The number of ether oxygens (including phenoxy) is 3. The van der Waals surface area contributed by atoms with Crippen LogP contribution in [0.3, 0.4) is 0 Å². The topological polar surface area (TPSA) is 98.9 Å². The summed E-state index contributed by atoms with van der Waals surface area (Å²) < 4.78 is 19.8. The monoisotopic (exact) mass is 620 g/mol. The van der Waals surface area contributed by atoms with E-state index in [-0.39, 0.29) is 12.4 Å². The largest absolute Gasteiger partial charge is 0.473 e. The SMILES string of the molecule is CC(C)(C)OC(=O)CC1(O)CCN(c2cccc3c2ncn3-c2ccc(OCc3ccccc3)nc2OCc2ccccc2)CC1. The molecule has 9 heteroatoms. The first-order chi connectivity index (χ1) is 22.2. The number of nitrogens with zero attached hydrogens (tertiary/aromatic N) is 4. The van der Waals surface area contributed by atoms with E-state index in [0.717, 1.165) is 33.5 Å². The summed E-state index contributed by atoms with van der Waals surface area (Å²) in [5.41, 5.74) is 3.85. The Morgan fingerprint density at radius 2 is 1.48 bits per heavy atom. The number of carbonyl (C=O) groups is 1. The maximum atomic E-state index is 12.4.